The molecule has 0 aliphatic heterocycles. The van der Waals surface area contributed by atoms with Crippen LogP contribution in [0.5, 0.6) is 0 Å². The lowest BCUT2D eigenvalue weighted by molar-refractivity contribution is -0.125. The number of benzene rings is 1. The molecule has 1 aromatic rings. The first-order valence-electron chi connectivity index (χ1n) is 7.52. The van der Waals surface area contributed by atoms with E-state index < -0.39 is 15.3 Å². The minimum absolute atomic E-state index is 0.184. The minimum atomic E-state index is -3.68. The average Bonchev–Trinajstić information content (AvgIpc) is 2.47. The number of amides is 1. The standard InChI is InChI=1S/C16H23NO3S/c1-12-8-6-7-11-15(12)16(18)17-21(19,20)13(2)14-9-4-3-5-10-14/h3-5,9-10,12-13,15H,6-8,11H2,1-2H3,(H,17,18). The van der Waals surface area contributed by atoms with Crippen molar-refractivity contribution >= 4 is 15.9 Å². The Kier molecular flexibility index (Phi) is 5.04. The summed E-state index contributed by atoms with van der Waals surface area (Å²) in [5, 5.41) is -0.735. The predicted molar refractivity (Wildman–Crippen MR) is 83.0 cm³/mol. The summed E-state index contributed by atoms with van der Waals surface area (Å²) >= 11 is 0. The third-order valence-electron chi connectivity index (χ3n) is 4.43. The Labute approximate surface area is 127 Å². The molecule has 5 heteroatoms. The summed E-state index contributed by atoms with van der Waals surface area (Å²) in [5.41, 5.74) is 0.689. The van der Waals surface area contributed by atoms with Crippen molar-refractivity contribution in [3.05, 3.63) is 35.9 Å². The van der Waals surface area contributed by atoms with E-state index in [0.717, 1.165) is 25.7 Å². The second kappa shape index (κ2) is 6.60. The fraction of sp³-hybridized carbons (Fsp3) is 0.562. The van der Waals surface area contributed by atoms with E-state index in [2.05, 4.69) is 4.72 Å². The van der Waals surface area contributed by atoms with E-state index in [9.17, 15) is 13.2 Å². The molecule has 0 radical (unpaired) electrons. The summed E-state index contributed by atoms with van der Waals surface area (Å²) in [6.07, 6.45) is 3.89. The molecule has 3 unspecified atom stereocenters. The van der Waals surface area contributed by atoms with Crippen LogP contribution in [0.25, 0.3) is 0 Å². The van der Waals surface area contributed by atoms with Crippen LogP contribution in [0.3, 0.4) is 0 Å². The van der Waals surface area contributed by atoms with Gasteiger partial charge in [0.25, 0.3) is 0 Å². The van der Waals surface area contributed by atoms with Crippen molar-refractivity contribution in [2.24, 2.45) is 11.8 Å². The van der Waals surface area contributed by atoms with Gasteiger partial charge in [0.1, 0.15) is 5.25 Å². The maximum atomic E-state index is 12.4. The van der Waals surface area contributed by atoms with Crippen LogP contribution in [0.2, 0.25) is 0 Å². The average molecular weight is 309 g/mol. The summed E-state index contributed by atoms with van der Waals surface area (Å²) in [5.74, 6) is -0.275. The van der Waals surface area contributed by atoms with Crippen molar-refractivity contribution < 1.29 is 13.2 Å². The van der Waals surface area contributed by atoms with Gasteiger partial charge in [-0.3, -0.25) is 9.52 Å². The fourth-order valence-corrected chi connectivity index (χ4v) is 4.04. The summed E-state index contributed by atoms with van der Waals surface area (Å²) in [6.45, 7) is 3.63. The van der Waals surface area contributed by atoms with Gasteiger partial charge in [0.05, 0.1) is 0 Å². The molecule has 0 saturated heterocycles. The maximum Gasteiger partial charge on any atom is 0.241 e. The van der Waals surface area contributed by atoms with E-state index in [1.165, 1.54) is 0 Å². The van der Waals surface area contributed by atoms with Gasteiger partial charge in [-0.15, -0.1) is 0 Å². The number of carbonyl (C=O) groups is 1. The highest BCUT2D eigenvalue weighted by atomic mass is 32.2. The SMILES string of the molecule is CC1CCCCC1C(=O)NS(=O)(=O)C(C)c1ccccc1. The summed E-state index contributed by atoms with van der Waals surface area (Å²) < 4.78 is 27.0. The quantitative estimate of drug-likeness (QED) is 0.930. The third-order valence-corrected chi connectivity index (χ3v) is 6.11. The Morgan fingerprint density at radius 1 is 1.19 bits per heavy atom. The normalized spacial score (nSPS) is 24.3. The van der Waals surface area contributed by atoms with Crippen molar-refractivity contribution in [3.8, 4) is 0 Å². The highest BCUT2D eigenvalue weighted by molar-refractivity contribution is 7.90. The van der Waals surface area contributed by atoms with Crippen molar-refractivity contribution in [3.63, 3.8) is 0 Å². The van der Waals surface area contributed by atoms with Crippen LogP contribution in [-0.4, -0.2) is 14.3 Å². The lowest BCUT2D eigenvalue weighted by atomic mass is 9.80. The van der Waals surface area contributed by atoms with Gasteiger partial charge in [-0.1, -0.05) is 50.1 Å². The summed E-state index contributed by atoms with van der Waals surface area (Å²) in [7, 11) is -3.68. The lowest BCUT2D eigenvalue weighted by Crippen LogP contribution is -2.40. The van der Waals surface area contributed by atoms with E-state index in [-0.39, 0.29) is 17.7 Å². The molecule has 1 fully saturated rings. The molecule has 1 aliphatic rings. The van der Waals surface area contributed by atoms with E-state index in [1.54, 1.807) is 31.2 Å². The molecular formula is C16H23NO3S. The first kappa shape index (κ1) is 16.0. The van der Waals surface area contributed by atoms with Crippen molar-refractivity contribution in [2.45, 2.75) is 44.8 Å². The van der Waals surface area contributed by atoms with Gasteiger partial charge in [-0.05, 0) is 31.2 Å². The largest absolute Gasteiger partial charge is 0.274 e. The molecule has 0 heterocycles. The number of sulfonamides is 1. The van der Waals surface area contributed by atoms with Crippen LogP contribution in [0.15, 0.2) is 30.3 Å². The fourth-order valence-electron chi connectivity index (χ4n) is 2.91. The van der Waals surface area contributed by atoms with Gasteiger partial charge in [-0.2, -0.15) is 0 Å². The maximum absolute atomic E-state index is 12.4. The first-order chi connectivity index (χ1) is 9.92. The molecule has 0 spiro atoms. The zero-order chi connectivity index (χ0) is 15.5. The van der Waals surface area contributed by atoms with E-state index in [4.69, 9.17) is 0 Å². The second-order valence-electron chi connectivity index (χ2n) is 5.93. The second-order valence-corrected chi connectivity index (χ2v) is 7.93. The number of hydrogen-bond acceptors (Lipinski definition) is 3. The molecule has 21 heavy (non-hydrogen) atoms. The van der Waals surface area contributed by atoms with Gasteiger partial charge in [0.2, 0.25) is 15.9 Å². The molecule has 1 saturated carbocycles. The van der Waals surface area contributed by atoms with Crippen molar-refractivity contribution in [2.75, 3.05) is 0 Å². The molecule has 3 atom stereocenters. The van der Waals surface area contributed by atoms with E-state index in [1.807, 2.05) is 13.0 Å². The highest BCUT2D eigenvalue weighted by Crippen LogP contribution is 2.30. The monoisotopic (exact) mass is 309 g/mol. The molecule has 1 aromatic carbocycles. The zero-order valence-electron chi connectivity index (χ0n) is 12.6. The van der Waals surface area contributed by atoms with Crippen LogP contribution in [0.4, 0.5) is 0 Å². The topological polar surface area (TPSA) is 63.2 Å². The Hall–Kier alpha value is -1.36. The minimum Gasteiger partial charge on any atom is -0.274 e. The van der Waals surface area contributed by atoms with Gasteiger partial charge in [0, 0.05) is 5.92 Å². The van der Waals surface area contributed by atoms with Crippen molar-refractivity contribution in [1.82, 2.24) is 4.72 Å². The van der Waals surface area contributed by atoms with Crippen LogP contribution < -0.4 is 4.72 Å². The number of rotatable bonds is 4. The number of nitrogens with one attached hydrogen (secondary N) is 1. The van der Waals surface area contributed by atoms with Gasteiger partial charge in [0.15, 0.2) is 0 Å². The Morgan fingerprint density at radius 3 is 2.43 bits per heavy atom. The molecule has 1 aliphatic carbocycles. The Bertz CT molecular complexity index is 583. The van der Waals surface area contributed by atoms with Gasteiger partial charge < -0.3 is 0 Å². The zero-order valence-corrected chi connectivity index (χ0v) is 13.4. The summed E-state index contributed by atoms with van der Waals surface area (Å²) in [6, 6.07) is 8.96. The van der Waals surface area contributed by atoms with E-state index in [0.29, 0.717) is 5.56 Å². The van der Waals surface area contributed by atoms with Gasteiger partial charge in [-0.25, -0.2) is 8.42 Å². The molecule has 4 nitrogen and oxygen atoms in total. The summed E-state index contributed by atoms with van der Waals surface area (Å²) in [4.78, 5) is 12.3. The van der Waals surface area contributed by atoms with Crippen molar-refractivity contribution in [1.29, 1.82) is 0 Å². The smallest absolute Gasteiger partial charge is 0.241 e. The number of hydrogen-bond donors (Lipinski definition) is 1. The molecule has 116 valence electrons. The molecule has 1 amide bonds. The lowest BCUT2D eigenvalue weighted by Gasteiger charge is -2.28. The van der Waals surface area contributed by atoms with Gasteiger partial charge >= 0.3 is 0 Å². The Morgan fingerprint density at radius 2 is 1.81 bits per heavy atom. The third kappa shape index (κ3) is 3.84. The predicted octanol–water partition coefficient (Wildman–Crippen LogP) is 3.02. The Balaban J connectivity index is 2.08. The first-order valence-corrected chi connectivity index (χ1v) is 9.07. The van der Waals surface area contributed by atoms with Crippen LogP contribution >= 0.6 is 0 Å². The molecule has 2 rings (SSSR count). The van der Waals surface area contributed by atoms with Crippen LogP contribution in [0, 0.1) is 11.8 Å². The molecular weight excluding hydrogens is 286 g/mol. The van der Waals surface area contributed by atoms with E-state index >= 15 is 0 Å². The molecule has 0 aromatic heterocycles. The van der Waals surface area contributed by atoms with Crippen LogP contribution in [0.1, 0.15) is 50.3 Å². The molecule has 1 N–H and O–H groups in total. The highest BCUT2D eigenvalue weighted by Gasteiger charge is 2.32. The number of carbonyl (C=O) groups excluding carboxylic acids is 1. The molecule has 0 bridgehead atoms. The van der Waals surface area contributed by atoms with Crippen LogP contribution in [-0.2, 0) is 14.8 Å².